The zero-order chi connectivity index (χ0) is 14.4. The Hall–Kier alpha value is -1.87. The number of hydrogen-bond acceptors (Lipinski definition) is 3. The lowest BCUT2D eigenvalue weighted by atomic mass is 10.2. The van der Waals surface area contributed by atoms with Gasteiger partial charge >= 0.3 is 0 Å². The van der Waals surface area contributed by atoms with Crippen LogP contribution in [0.15, 0.2) is 42.5 Å². The van der Waals surface area contributed by atoms with Gasteiger partial charge in [-0.15, -0.1) is 0 Å². The van der Waals surface area contributed by atoms with Gasteiger partial charge in [-0.25, -0.2) is 4.98 Å². The third-order valence-electron chi connectivity index (χ3n) is 3.47. The molecule has 0 saturated carbocycles. The molecule has 1 heterocycles. The predicted molar refractivity (Wildman–Crippen MR) is 84.9 cm³/mol. The van der Waals surface area contributed by atoms with Crippen LogP contribution >= 0.6 is 0 Å². The van der Waals surface area contributed by atoms with Crippen LogP contribution in [0.2, 0.25) is 0 Å². The largest absolute Gasteiger partial charge is 0.353 e. The summed E-state index contributed by atoms with van der Waals surface area (Å²) in [6.45, 7) is 6.96. The van der Waals surface area contributed by atoms with Crippen LogP contribution in [0.3, 0.4) is 0 Å². The lowest BCUT2D eigenvalue weighted by Crippen LogP contribution is -2.23. The second-order valence-electron chi connectivity index (χ2n) is 4.94. The van der Waals surface area contributed by atoms with Gasteiger partial charge in [0.05, 0.1) is 0 Å². The van der Waals surface area contributed by atoms with Crippen LogP contribution in [-0.2, 0) is 13.1 Å². The fourth-order valence-corrected chi connectivity index (χ4v) is 2.29. The van der Waals surface area contributed by atoms with E-state index in [2.05, 4.69) is 66.5 Å². The van der Waals surface area contributed by atoms with Crippen molar-refractivity contribution in [3.8, 4) is 0 Å². The minimum absolute atomic E-state index is 0.865. The maximum atomic E-state index is 4.75. The van der Waals surface area contributed by atoms with Crippen LogP contribution in [0.1, 0.15) is 23.7 Å². The summed E-state index contributed by atoms with van der Waals surface area (Å²) in [4.78, 5) is 7.04. The molecule has 106 valence electrons. The highest BCUT2D eigenvalue weighted by atomic mass is 15.2. The topological polar surface area (TPSA) is 28.2 Å². The van der Waals surface area contributed by atoms with Gasteiger partial charge in [-0.3, -0.25) is 0 Å². The van der Waals surface area contributed by atoms with E-state index in [0.29, 0.717) is 0 Å². The Labute approximate surface area is 121 Å². The fraction of sp³-hybridized carbons (Fsp3) is 0.353. The van der Waals surface area contributed by atoms with E-state index in [1.807, 2.05) is 7.05 Å². The molecule has 0 fully saturated rings. The Morgan fingerprint density at radius 1 is 1.10 bits per heavy atom. The summed E-state index contributed by atoms with van der Waals surface area (Å²) < 4.78 is 0. The number of nitrogens with one attached hydrogen (secondary N) is 1. The number of anilines is 1. The van der Waals surface area contributed by atoms with E-state index in [1.54, 1.807) is 0 Å². The van der Waals surface area contributed by atoms with Gasteiger partial charge in [-0.1, -0.05) is 36.4 Å². The molecule has 0 aliphatic heterocycles. The SMILES string of the molecule is CCN(Cc1ccccc1)c1ccc(CNC)c(C)n1. The summed E-state index contributed by atoms with van der Waals surface area (Å²) in [5.41, 5.74) is 3.67. The average molecular weight is 269 g/mol. The standard InChI is InChI=1S/C17H23N3/c1-4-20(13-15-8-6-5-7-9-15)17-11-10-16(12-18-3)14(2)19-17/h5-11,18H,4,12-13H2,1-3H3. The van der Waals surface area contributed by atoms with Gasteiger partial charge in [0.2, 0.25) is 0 Å². The van der Waals surface area contributed by atoms with Crippen molar-refractivity contribution >= 4 is 5.82 Å². The second-order valence-corrected chi connectivity index (χ2v) is 4.94. The van der Waals surface area contributed by atoms with Gasteiger partial charge in [0.15, 0.2) is 0 Å². The van der Waals surface area contributed by atoms with Crippen LogP contribution in [0.25, 0.3) is 0 Å². The van der Waals surface area contributed by atoms with Gasteiger partial charge < -0.3 is 10.2 Å². The monoisotopic (exact) mass is 269 g/mol. The fourth-order valence-electron chi connectivity index (χ4n) is 2.29. The first-order valence-electron chi connectivity index (χ1n) is 7.14. The van der Waals surface area contributed by atoms with Crippen molar-refractivity contribution < 1.29 is 0 Å². The molecule has 0 unspecified atom stereocenters. The summed E-state index contributed by atoms with van der Waals surface area (Å²) >= 11 is 0. The first-order chi connectivity index (χ1) is 9.74. The van der Waals surface area contributed by atoms with Crippen LogP contribution in [-0.4, -0.2) is 18.6 Å². The van der Waals surface area contributed by atoms with Crippen LogP contribution in [0.4, 0.5) is 5.82 Å². The minimum Gasteiger partial charge on any atom is -0.353 e. The van der Waals surface area contributed by atoms with E-state index >= 15 is 0 Å². The highest BCUT2D eigenvalue weighted by molar-refractivity contribution is 5.42. The number of aromatic nitrogens is 1. The second kappa shape index (κ2) is 7.06. The number of benzene rings is 1. The number of nitrogens with zero attached hydrogens (tertiary/aromatic N) is 2. The van der Waals surface area contributed by atoms with Crippen LogP contribution in [0.5, 0.6) is 0 Å². The lowest BCUT2D eigenvalue weighted by Gasteiger charge is -2.23. The number of aryl methyl sites for hydroxylation is 1. The summed E-state index contributed by atoms with van der Waals surface area (Å²) in [6, 6.07) is 14.8. The molecule has 0 radical (unpaired) electrons. The molecule has 0 amide bonds. The molecule has 0 spiro atoms. The van der Waals surface area contributed by atoms with E-state index in [1.165, 1.54) is 11.1 Å². The van der Waals surface area contributed by atoms with Crippen molar-refractivity contribution in [1.29, 1.82) is 0 Å². The molecule has 0 saturated heterocycles. The van der Waals surface area contributed by atoms with Gasteiger partial charge in [-0.05, 0) is 38.1 Å². The van der Waals surface area contributed by atoms with E-state index < -0.39 is 0 Å². The summed E-state index contributed by atoms with van der Waals surface area (Å²) in [5.74, 6) is 1.05. The minimum atomic E-state index is 0.865. The van der Waals surface area contributed by atoms with E-state index in [-0.39, 0.29) is 0 Å². The Bertz CT molecular complexity index is 537. The van der Waals surface area contributed by atoms with Crippen molar-refractivity contribution in [2.45, 2.75) is 26.9 Å². The molecule has 1 aromatic heterocycles. The molecule has 20 heavy (non-hydrogen) atoms. The van der Waals surface area contributed by atoms with Crippen molar-refractivity contribution in [1.82, 2.24) is 10.3 Å². The zero-order valence-electron chi connectivity index (χ0n) is 12.6. The highest BCUT2D eigenvalue weighted by Gasteiger charge is 2.08. The molecule has 2 aromatic rings. The zero-order valence-corrected chi connectivity index (χ0v) is 12.6. The lowest BCUT2D eigenvalue weighted by molar-refractivity contribution is 0.786. The van der Waals surface area contributed by atoms with E-state index in [4.69, 9.17) is 4.98 Å². The van der Waals surface area contributed by atoms with Crippen LogP contribution in [0, 0.1) is 6.92 Å². The quantitative estimate of drug-likeness (QED) is 0.873. The Morgan fingerprint density at radius 2 is 1.85 bits per heavy atom. The molecule has 1 N–H and O–H groups in total. The van der Waals surface area contributed by atoms with Crippen molar-refractivity contribution in [2.75, 3.05) is 18.5 Å². The third kappa shape index (κ3) is 3.58. The maximum Gasteiger partial charge on any atom is 0.129 e. The Balaban J connectivity index is 2.17. The predicted octanol–water partition coefficient (Wildman–Crippen LogP) is 3.14. The molecule has 1 aromatic carbocycles. The average Bonchev–Trinajstić information content (AvgIpc) is 2.48. The molecule has 3 nitrogen and oxygen atoms in total. The molecule has 3 heteroatoms. The summed E-state index contributed by atoms with van der Waals surface area (Å²) in [7, 11) is 1.96. The molecule has 0 bridgehead atoms. The van der Waals surface area contributed by atoms with Gasteiger partial charge in [0.25, 0.3) is 0 Å². The molecular formula is C17H23N3. The first kappa shape index (κ1) is 14.5. The van der Waals surface area contributed by atoms with Gasteiger partial charge in [0, 0.05) is 25.3 Å². The first-order valence-corrected chi connectivity index (χ1v) is 7.14. The van der Waals surface area contributed by atoms with Gasteiger partial charge in [-0.2, -0.15) is 0 Å². The summed E-state index contributed by atoms with van der Waals surface area (Å²) in [6.07, 6.45) is 0. The molecular weight excluding hydrogens is 246 g/mol. The molecule has 0 aliphatic rings. The van der Waals surface area contributed by atoms with E-state index in [0.717, 1.165) is 31.1 Å². The Kier molecular flexibility index (Phi) is 5.13. The normalized spacial score (nSPS) is 10.6. The van der Waals surface area contributed by atoms with Crippen molar-refractivity contribution in [2.24, 2.45) is 0 Å². The Morgan fingerprint density at radius 3 is 2.45 bits per heavy atom. The smallest absolute Gasteiger partial charge is 0.129 e. The van der Waals surface area contributed by atoms with E-state index in [9.17, 15) is 0 Å². The van der Waals surface area contributed by atoms with Gasteiger partial charge in [0.1, 0.15) is 5.82 Å². The van der Waals surface area contributed by atoms with Crippen molar-refractivity contribution in [3.05, 3.63) is 59.3 Å². The third-order valence-corrected chi connectivity index (χ3v) is 3.47. The number of rotatable bonds is 6. The summed E-state index contributed by atoms with van der Waals surface area (Å²) in [5, 5.41) is 3.17. The number of pyridine rings is 1. The maximum absolute atomic E-state index is 4.75. The highest BCUT2D eigenvalue weighted by Crippen LogP contribution is 2.17. The molecule has 0 atom stereocenters. The van der Waals surface area contributed by atoms with Crippen molar-refractivity contribution in [3.63, 3.8) is 0 Å². The van der Waals surface area contributed by atoms with Crippen LogP contribution < -0.4 is 10.2 Å². The number of hydrogen-bond donors (Lipinski definition) is 1. The molecule has 2 rings (SSSR count). The molecule has 0 aliphatic carbocycles.